The van der Waals surface area contributed by atoms with E-state index in [4.69, 9.17) is 16.3 Å². The molecule has 3 rings (SSSR count). The van der Waals surface area contributed by atoms with Gasteiger partial charge in [-0.05, 0) is 37.0 Å². The van der Waals surface area contributed by atoms with Gasteiger partial charge in [-0.15, -0.1) is 11.3 Å². The molecule has 0 radical (unpaired) electrons. The molecule has 1 aromatic heterocycles. The van der Waals surface area contributed by atoms with Gasteiger partial charge in [-0.25, -0.2) is 9.18 Å². The topological polar surface area (TPSA) is 46.6 Å². The van der Waals surface area contributed by atoms with Gasteiger partial charge >= 0.3 is 5.97 Å². The Labute approximate surface area is 148 Å². The van der Waals surface area contributed by atoms with Crippen molar-refractivity contribution in [2.45, 2.75) is 19.8 Å². The van der Waals surface area contributed by atoms with Gasteiger partial charge in [-0.1, -0.05) is 18.5 Å². The summed E-state index contributed by atoms with van der Waals surface area (Å²) in [5.41, 5.74) is 0. The maximum Gasteiger partial charge on any atom is 0.350 e. The van der Waals surface area contributed by atoms with E-state index in [1.54, 1.807) is 4.90 Å². The Morgan fingerprint density at radius 1 is 1.38 bits per heavy atom. The maximum atomic E-state index is 13.3. The molecule has 1 saturated heterocycles. The first-order valence-corrected chi connectivity index (χ1v) is 8.97. The van der Waals surface area contributed by atoms with E-state index in [-0.39, 0.29) is 22.4 Å². The third-order valence-electron chi connectivity index (χ3n) is 4.24. The average Bonchev–Trinajstić information content (AvgIpc) is 2.89. The first-order valence-electron chi connectivity index (χ1n) is 7.78. The molecule has 1 aliphatic heterocycles. The Balaban J connectivity index is 1.65. The van der Waals surface area contributed by atoms with E-state index in [0.717, 1.165) is 24.2 Å². The van der Waals surface area contributed by atoms with Gasteiger partial charge in [0.25, 0.3) is 5.91 Å². The Kier molecular flexibility index (Phi) is 5.06. The monoisotopic (exact) mass is 369 g/mol. The molecule has 1 fully saturated rings. The number of halogens is 2. The van der Waals surface area contributed by atoms with Crippen molar-refractivity contribution in [1.29, 1.82) is 0 Å². The van der Waals surface area contributed by atoms with Crippen LogP contribution in [0.2, 0.25) is 5.02 Å². The van der Waals surface area contributed by atoms with E-state index >= 15 is 0 Å². The summed E-state index contributed by atoms with van der Waals surface area (Å²) in [4.78, 5) is 26.2. The van der Waals surface area contributed by atoms with E-state index in [1.807, 2.05) is 0 Å². The van der Waals surface area contributed by atoms with Crippen molar-refractivity contribution in [2.75, 3.05) is 19.7 Å². The minimum absolute atomic E-state index is 0.192. The molecule has 0 aliphatic carbocycles. The summed E-state index contributed by atoms with van der Waals surface area (Å²) < 4.78 is 18.9. The second-order valence-corrected chi connectivity index (χ2v) is 7.46. The van der Waals surface area contributed by atoms with E-state index in [1.165, 1.54) is 18.2 Å². The fourth-order valence-electron chi connectivity index (χ4n) is 2.71. The highest BCUT2D eigenvalue weighted by molar-refractivity contribution is 7.21. The molecule has 0 atom stereocenters. The second kappa shape index (κ2) is 7.07. The average molecular weight is 370 g/mol. The predicted octanol–water partition coefficient (Wildman–Crippen LogP) is 4.11. The standard InChI is InChI=1S/C17H17ClFNO3S/c1-10-4-6-20(7-5-10)14(21)9-23-17(22)16-15(18)12-3-2-11(19)8-13(12)24-16/h2-3,8,10H,4-7,9H2,1H3. The Bertz CT molecular complexity index is 783. The van der Waals surface area contributed by atoms with Gasteiger partial charge in [0.15, 0.2) is 6.61 Å². The number of amides is 1. The third kappa shape index (κ3) is 3.54. The molecule has 7 heteroatoms. The number of hydrogen-bond donors (Lipinski definition) is 0. The Morgan fingerprint density at radius 2 is 2.08 bits per heavy atom. The Hall–Kier alpha value is -1.66. The van der Waals surface area contributed by atoms with Gasteiger partial charge in [0.2, 0.25) is 0 Å². The number of carbonyl (C=O) groups excluding carboxylic acids is 2. The molecule has 1 aromatic carbocycles. The van der Waals surface area contributed by atoms with Gasteiger partial charge in [-0.2, -0.15) is 0 Å². The summed E-state index contributed by atoms with van der Waals surface area (Å²) in [5, 5.41) is 0.839. The first-order chi connectivity index (χ1) is 11.5. The quantitative estimate of drug-likeness (QED) is 0.765. The molecule has 24 heavy (non-hydrogen) atoms. The minimum atomic E-state index is -0.652. The van der Waals surface area contributed by atoms with Crippen LogP contribution >= 0.6 is 22.9 Å². The van der Waals surface area contributed by atoms with Crippen LogP contribution in [-0.4, -0.2) is 36.5 Å². The second-order valence-electron chi connectivity index (χ2n) is 6.03. The lowest BCUT2D eigenvalue weighted by Gasteiger charge is -2.30. The normalized spacial score (nSPS) is 15.7. The molecule has 0 unspecified atom stereocenters. The van der Waals surface area contributed by atoms with Crippen LogP contribution in [0.25, 0.3) is 10.1 Å². The van der Waals surface area contributed by atoms with Crippen LogP contribution in [0.5, 0.6) is 0 Å². The molecule has 0 spiro atoms. The summed E-state index contributed by atoms with van der Waals surface area (Å²) in [7, 11) is 0. The molecule has 128 valence electrons. The number of benzene rings is 1. The molecule has 1 amide bonds. The van der Waals surface area contributed by atoms with Crippen molar-refractivity contribution in [1.82, 2.24) is 4.90 Å². The van der Waals surface area contributed by atoms with Crippen LogP contribution in [-0.2, 0) is 9.53 Å². The molecule has 2 aromatic rings. The van der Waals surface area contributed by atoms with Crippen molar-refractivity contribution < 1.29 is 18.7 Å². The zero-order valence-corrected chi connectivity index (χ0v) is 14.8. The number of thiophene rings is 1. The van der Waals surface area contributed by atoms with Gasteiger partial charge in [0.05, 0.1) is 5.02 Å². The van der Waals surface area contributed by atoms with Crippen molar-refractivity contribution in [3.8, 4) is 0 Å². The summed E-state index contributed by atoms with van der Waals surface area (Å²) in [5.74, 6) is -0.622. The third-order valence-corrected chi connectivity index (χ3v) is 5.88. The fourth-order valence-corrected chi connectivity index (χ4v) is 4.14. The molecule has 1 aliphatic rings. The van der Waals surface area contributed by atoms with Gasteiger partial charge in [0, 0.05) is 23.2 Å². The highest BCUT2D eigenvalue weighted by Gasteiger charge is 2.23. The zero-order valence-electron chi connectivity index (χ0n) is 13.2. The lowest BCUT2D eigenvalue weighted by atomic mass is 9.99. The molecular weight excluding hydrogens is 353 g/mol. The predicted molar refractivity (Wildman–Crippen MR) is 92.1 cm³/mol. The van der Waals surface area contributed by atoms with Crippen LogP contribution in [0.1, 0.15) is 29.4 Å². The number of fused-ring (bicyclic) bond motifs is 1. The number of likely N-dealkylation sites (tertiary alicyclic amines) is 1. The van der Waals surface area contributed by atoms with Gasteiger partial charge in [-0.3, -0.25) is 4.79 Å². The lowest BCUT2D eigenvalue weighted by molar-refractivity contribution is -0.135. The van der Waals surface area contributed by atoms with E-state index in [2.05, 4.69) is 6.92 Å². The van der Waals surface area contributed by atoms with Gasteiger partial charge in [0.1, 0.15) is 10.7 Å². The Morgan fingerprint density at radius 3 is 2.79 bits per heavy atom. The number of ether oxygens (including phenoxy) is 1. The lowest BCUT2D eigenvalue weighted by Crippen LogP contribution is -2.40. The minimum Gasteiger partial charge on any atom is -0.451 e. The zero-order chi connectivity index (χ0) is 17.3. The van der Waals surface area contributed by atoms with Crippen LogP contribution in [0.4, 0.5) is 4.39 Å². The van der Waals surface area contributed by atoms with Crippen molar-refractivity contribution in [3.05, 3.63) is 33.9 Å². The fraction of sp³-hybridized carbons (Fsp3) is 0.412. The molecule has 0 bridgehead atoms. The van der Waals surface area contributed by atoms with E-state index in [9.17, 15) is 14.0 Å². The summed E-state index contributed by atoms with van der Waals surface area (Å²) in [6.45, 7) is 3.25. The molecular formula is C17H17ClFNO3S. The van der Waals surface area contributed by atoms with Crippen LogP contribution in [0.15, 0.2) is 18.2 Å². The van der Waals surface area contributed by atoms with Crippen LogP contribution in [0.3, 0.4) is 0 Å². The summed E-state index contributed by atoms with van der Waals surface area (Å²) in [6.07, 6.45) is 1.93. The molecule has 4 nitrogen and oxygen atoms in total. The van der Waals surface area contributed by atoms with E-state index < -0.39 is 11.8 Å². The SMILES string of the molecule is CC1CCN(C(=O)COC(=O)c2sc3cc(F)ccc3c2Cl)CC1. The number of carbonyl (C=O) groups is 2. The van der Waals surface area contributed by atoms with Crippen LogP contribution < -0.4 is 0 Å². The smallest absolute Gasteiger partial charge is 0.350 e. The van der Waals surface area contributed by atoms with Gasteiger partial charge < -0.3 is 9.64 Å². The largest absolute Gasteiger partial charge is 0.451 e. The molecule has 2 heterocycles. The first kappa shape index (κ1) is 17.2. The van der Waals surface area contributed by atoms with Crippen molar-refractivity contribution in [2.24, 2.45) is 5.92 Å². The number of rotatable bonds is 3. The number of hydrogen-bond acceptors (Lipinski definition) is 4. The van der Waals surface area contributed by atoms with Crippen molar-refractivity contribution in [3.63, 3.8) is 0 Å². The molecule has 0 N–H and O–H groups in total. The van der Waals surface area contributed by atoms with Crippen molar-refractivity contribution >= 4 is 44.9 Å². The molecule has 0 saturated carbocycles. The summed E-state index contributed by atoms with van der Waals surface area (Å²) in [6, 6.07) is 4.14. The highest BCUT2D eigenvalue weighted by Crippen LogP contribution is 2.36. The van der Waals surface area contributed by atoms with E-state index in [0.29, 0.717) is 29.1 Å². The number of nitrogens with zero attached hydrogens (tertiary/aromatic N) is 1. The number of esters is 1. The highest BCUT2D eigenvalue weighted by atomic mass is 35.5. The number of piperidine rings is 1. The van der Waals surface area contributed by atoms with Crippen LogP contribution in [0, 0.1) is 11.7 Å². The maximum absolute atomic E-state index is 13.3. The summed E-state index contributed by atoms with van der Waals surface area (Å²) >= 11 is 7.24.